The van der Waals surface area contributed by atoms with Crippen LogP contribution in [0.5, 0.6) is 0 Å². The molecule has 0 aromatic heterocycles. The van der Waals surface area contributed by atoms with Crippen LogP contribution in [-0.4, -0.2) is 55.8 Å². The summed E-state index contributed by atoms with van der Waals surface area (Å²) in [4.78, 5) is 0. The molecule has 0 amide bonds. The monoisotopic (exact) mass is 303 g/mol. The van der Waals surface area contributed by atoms with Crippen molar-refractivity contribution in [2.45, 2.75) is 12.7 Å². The zero-order valence-corrected chi connectivity index (χ0v) is 12.2. The van der Waals surface area contributed by atoms with E-state index in [-0.39, 0.29) is 13.2 Å². The standard InChI is InChI=1S/C14H22ClNO4/c15-14-4-2-1-3-12(14)10-20-11-13(18)9-16-5-7-19-8-6-17/h1-4,13,16-18H,5-11H2/t13-/m0/s1. The van der Waals surface area contributed by atoms with E-state index < -0.39 is 6.10 Å². The van der Waals surface area contributed by atoms with Crippen molar-refractivity contribution >= 4 is 11.6 Å². The summed E-state index contributed by atoms with van der Waals surface area (Å²) >= 11 is 6.00. The first-order valence-electron chi connectivity index (χ1n) is 6.62. The average Bonchev–Trinajstić information content (AvgIpc) is 2.45. The van der Waals surface area contributed by atoms with Gasteiger partial charge in [0, 0.05) is 18.1 Å². The highest BCUT2D eigenvalue weighted by Crippen LogP contribution is 2.15. The third-order valence-electron chi connectivity index (χ3n) is 2.56. The van der Waals surface area contributed by atoms with Gasteiger partial charge in [0.15, 0.2) is 0 Å². The molecule has 1 rings (SSSR count). The lowest BCUT2D eigenvalue weighted by Gasteiger charge is -2.13. The van der Waals surface area contributed by atoms with Gasteiger partial charge in [0.25, 0.3) is 0 Å². The van der Waals surface area contributed by atoms with Gasteiger partial charge in [0.05, 0.1) is 39.1 Å². The predicted octanol–water partition coefficient (Wildman–Crippen LogP) is 0.816. The molecule has 0 aliphatic heterocycles. The number of aliphatic hydroxyl groups is 2. The Hall–Kier alpha value is -0.690. The maximum Gasteiger partial charge on any atom is 0.0897 e. The van der Waals surface area contributed by atoms with Gasteiger partial charge in [-0.05, 0) is 11.6 Å². The Balaban J connectivity index is 2.03. The topological polar surface area (TPSA) is 71.0 Å². The van der Waals surface area contributed by atoms with Crippen molar-refractivity contribution in [1.82, 2.24) is 5.32 Å². The van der Waals surface area contributed by atoms with Crippen LogP contribution >= 0.6 is 11.6 Å². The number of aliphatic hydroxyl groups excluding tert-OH is 2. The molecule has 1 aromatic rings. The lowest BCUT2D eigenvalue weighted by molar-refractivity contribution is 0.0273. The van der Waals surface area contributed by atoms with Crippen LogP contribution < -0.4 is 5.32 Å². The van der Waals surface area contributed by atoms with Gasteiger partial charge in [-0.25, -0.2) is 0 Å². The second kappa shape index (κ2) is 11.0. The molecular weight excluding hydrogens is 282 g/mol. The summed E-state index contributed by atoms with van der Waals surface area (Å²) in [6.07, 6.45) is -0.574. The van der Waals surface area contributed by atoms with E-state index in [1.165, 1.54) is 0 Å². The lowest BCUT2D eigenvalue weighted by atomic mass is 10.2. The molecule has 0 heterocycles. The van der Waals surface area contributed by atoms with Crippen LogP contribution in [0.1, 0.15) is 5.56 Å². The minimum Gasteiger partial charge on any atom is -0.394 e. The summed E-state index contributed by atoms with van der Waals surface area (Å²) in [6.45, 7) is 2.57. The summed E-state index contributed by atoms with van der Waals surface area (Å²) in [7, 11) is 0. The highest BCUT2D eigenvalue weighted by Gasteiger charge is 2.05. The maximum absolute atomic E-state index is 9.70. The highest BCUT2D eigenvalue weighted by molar-refractivity contribution is 6.31. The summed E-state index contributed by atoms with van der Waals surface area (Å²) in [6, 6.07) is 7.47. The van der Waals surface area contributed by atoms with Crippen LogP contribution in [0, 0.1) is 0 Å². The first-order chi connectivity index (χ1) is 9.74. The molecule has 0 unspecified atom stereocenters. The Morgan fingerprint density at radius 3 is 2.75 bits per heavy atom. The van der Waals surface area contributed by atoms with Crippen molar-refractivity contribution in [1.29, 1.82) is 0 Å². The molecule has 3 N–H and O–H groups in total. The van der Waals surface area contributed by atoms with E-state index in [0.717, 1.165) is 5.56 Å². The predicted molar refractivity (Wildman–Crippen MR) is 77.9 cm³/mol. The Morgan fingerprint density at radius 2 is 2.00 bits per heavy atom. The van der Waals surface area contributed by atoms with Crippen molar-refractivity contribution in [3.05, 3.63) is 34.9 Å². The molecule has 0 aliphatic carbocycles. The quantitative estimate of drug-likeness (QED) is 0.528. The average molecular weight is 304 g/mol. The van der Waals surface area contributed by atoms with Crippen molar-refractivity contribution in [3.8, 4) is 0 Å². The largest absolute Gasteiger partial charge is 0.394 e. The molecule has 6 heteroatoms. The molecule has 0 saturated carbocycles. The molecule has 0 fully saturated rings. The molecular formula is C14H22ClNO4. The molecule has 1 atom stereocenters. The number of rotatable bonds is 11. The number of halogens is 1. The fourth-order valence-electron chi connectivity index (χ4n) is 1.56. The number of ether oxygens (including phenoxy) is 2. The minimum absolute atomic E-state index is 0.0263. The zero-order valence-electron chi connectivity index (χ0n) is 11.4. The molecule has 0 aliphatic rings. The van der Waals surface area contributed by atoms with Crippen molar-refractivity contribution in [2.24, 2.45) is 0 Å². The van der Waals surface area contributed by atoms with Gasteiger partial charge in [-0.2, -0.15) is 0 Å². The van der Waals surface area contributed by atoms with Gasteiger partial charge in [-0.15, -0.1) is 0 Å². The zero-order chi connectivity index (χ0) is 14.6. The Kier molecular flexibility index (Phi) is 9.57. The third kappa shape index (κ3) is 7.79. The Bertz CT molecular complexity index is 365. The van der Waals surface area contributed by atoms with E-state index in [4.69, 9.17) is 26.2 Å². The number of nitrogens with one attached hydrogen (secondary N) is 1. The Labute approximate surface area is 124 Å². The van der Waals surface area contributed by atoms with E-state index in [0.29, 0.717) is 37.9 Å². The molecule has 0 radical (unpaired) electrons. The molecule has 0 spiro atoms. The van der Waals surface area contributed by atoms with Crippen LogP contribution in [0.2, 0.25) is 5.02 Å². The first-order valence-corrected chi connectivity index (χ1v) is 7.00. The minimum atomic E-state index is -0.574. The molecule has 1 aromatic carbocycles. The summed E-state index contributed by atoms with van der Waals surface area (Å²) in [5, 5.41) is 21.9. The summed E-state index contributed by atoms with van der Waals surface area (Å²) in [5.41, 5.74) is 0.909. The number of hydrogen-bond donors (Lipinski definition) is 3. The van der Waals surface area contributed by atoms with Crippen LogP contribution in [0.4, 0.5) is 0 Å². The van der Waals surface area contributed by atoms with Crippen molar-refractivity contribution in [3.63, 3.8) is 0 Å². The highest BCUT2D eigenvalue weighted by atomic mass is 35.5. The lowest BCUT2D eigenvalue weighted by Crippen LogP contribution is -2.32. The Morgan fingerprint density at radius 1 is 1.20 bits per heavy atom. The van der Waals surface area contributed by atoms with E-state index in [1.54, 1.807) is 0 Å². The molecule has 114 valence electrons. The van der Waals surface area contributed by atoms with Gasteiger partial charge < -0.3 is 25.0 Å². The van der Waals surface area contributed by atoms with Crippen LogP contribution in [0.15, 0.2) is 24.3 Å². The van der Waals surface area contributed by atoms with Gasteiger partial charge in [-0.1, -0.05) is 29.8 Å². The van der Waals surface area contributed by atoms with Gasteiger partial charge in [-0.3, -0.25) is 0 Å². The number of hydrogen-bond acceptors (Lipinski definition) is 5. The summed E-state index contributed by atoms with van der Waals surface area (Å²) in [5.74, 6) is 0. The molecule has 5 nitrogen and oxygen atoms in total. The van der Waals surface area contributed by atoms with E-state index >= 15 is 0 Å². The second-order valence-corrected chi connectivity index (χ2v) is 4.71. The van der Waals surface area contributed by atoms with Crippen molar-refractivity contribution in [2.75, 3.05) is 39.5 Å². The van der Waals surface area contributed by atoms with E-state index in [1.807, 2.05) is 24.3 Å². The van der Waals surface area contributed by atoms with Gasteiger partial charge in [0.1, 0.15) is 0 Å². The second-order valence-electron chi connectivity index (χ2n) is 4.30. The van der Waals surface area contributed by atoms with Crippen LogP contribution in [0.25, 0.3) is 0 Å². The first kappa shape index (κ1) is 17.4. The molecule has 0 bridgehead atoms. The smallest absolute Gasteiger partial charge is 0.0897 e. The van der Waals surface area contributed by atoms with E-state index in [9.17, 15) is 5.11 Å². The van der Waals surface area contributed by atoms with Crippen molar-refractivity contribution < 1.29 is 19.7 Å². The fourth-order valence-corrected chi connectivity index (χ4v) is 1.75. The van der Waals surface area contributed by atoms with E-state index in [2.05, 4.69) is 5.32 Å². The SMILES string of the molecule is OCCOCCNC[C@H](O)COCc1ccccc1Cl. The fraction of sp³-hybridized carbons (Fsp3) is 0.571. The molecule has 20 heavy (non-hydrogen) atoms. The summed E-state index contributed by atoms with van der Waals surface area (Å²) < 4.78 is 10.5. The molecule has 0 saturated heterocycles. The van der Waals surface area contributed by atoms with Gasteiger partial charge in [0.2, 0.25) is 0 Å². The van der Waals surface area contributed by atoms with Crippen LogP contribution in [0.3, 0.4) is 0 Å². The van der Waals surface area contributed by atoms with Gasteiger partial charge >= 0.3 is 0 Å². The number of benzene rings is 1. The normalized spacial score (nSPS) is 12.6. The maximum atomic E-state index is 9.70. The van der Waals surface area contributed by atoms with Crippen LogP contribution in [-0.2, 0) is 16.1 Å². The third-order valence-corrected chi connectivity index (χ3v) is 2.93.